The fraction of sp³-hybridized carbons (Fsp3) is 0.200. The second-order valence-electron chi connectivity index (χ2n) is 4.61. The molecular weight excluding hydrogens is 297 g/mol. The van der Waals surface area contributed by atoms with Crippen LogP contribution >= 0.6 is 0 Å². The number of hydrogen-bond acceptors (Lipinski definition) is 3. The van der Waals surface area contributed by atoms with Crippen LogP contribution in [0, 0.1) is 13.8 Å². The predicted octanol–water partition coefficient (Wildman–Crippen LogP) is 3.68. The number of carbonyl (C=O) groups is 1. The quantitative estimate of drug-likeness (QED) is 0.694. The van der Waals surface area contributed by atoms with Crippen molar-refractivity contribution in [1.29, 1.82) is 0 Å². The number of amides is 1. The van der Waals surface area contributed by atoms with E-state index in [-0.39, 0.29) is 5.56 Å². The van der Waals surface area contributed by atoms with E-state index >= 15 is 0 Å². The average Bonchev–Trinajstić information content (AvgIpc) is 2.77. The maximum atomic E-state index is 12.8. The zero-order valence-electron chi connectivity index (χ0n) is 11.9. The van der Waals surface area contributed by atoms with Crippen molar-refractivity contribution in [2.45, 2.75) is 20.0 Å². The Morgan fingerprint density at radius 3 is 2.55 bits per heavy atom. The lowest BCUT2D eigenvalue weighted by Crippen LogP contribution is -2.18. The molecule has 0 saturated carbocycles. The van der Waals surface area contributed by atoms with Crippen molar-refractivity contribution in [3.8, 4) is 0 Å². The Labute approximate surface area is 124 Å². The smallest absolute Gasteiger partial charge is 0.417 e. The van der Waals surface area contributed by atoms with Crippen molar-refractivity contribution in [3.05, 3.63) is 58.5 Å². The van der Waals surface area contributed by atoms with Gasteiger partial charge in [-0.2, -0.15) is 18.3 Å². The summed E-state index contributed by atoms with van der Waals surface area (Å²) in [5, 5.41) is 3.58. The number of rotatable bonds is 3. The minimum atomic E-state index is -4.48. The number of hydrogen-bond donors (Lipinski definition) is 1. The van der Waals surface area contributed by atoms with Gasteiger partial charge >= 0.3 is 6.18 Å². The number of furan rings is 1. The number of nitrogens with one attached hydrogen (secondary N) is 1. The first kappa shape index (κ1) is 15.8. The summed E-state index contributed by atoms with van der Waals surface area (Å²) in [6.07, 6.45) is -3.52. The summed E-state index contributed by atoms with van der Waals surface area (Å²) in [5.74, 6) is 0.435. The van der Waals surface area contributed by atoms with Crippen molar-refractivity contribution in [2.24, 2.45) is 5.10 Å². The van der Waals surface area contributed by atoms with Gasteiger partial charge in [0.25, 0.3) is 5.91 Å². The number of nitrogens with zero attached hydrogens (tertiary/aromatic N) is 1. The molecule has 2 aromatic rings. The van der Waals surface area contributed by atoms with Gasteiger partial charge in [0.15, 0.2) is 0 Å². The van der Waals surface area contributed by atoms with E-state index in [9.17, 15) is 18.0 Å². The summed E-state index contributed by atoms with van der Waals surface area (Å²) < 4.78 is 43.6. The lowest BCUT2D eigenvalue weighted by Gasteiger charge is -2.09. The molecular formula is C15H13F3N2O2. The van der Waals surface area contributed by atoms with Crippen LogP contribution in [0.3, 0.4) is 0 Å². The van der Waals surface area contributed by atoms with Crippen LogP contribution in [0.4, 0.5) is 13.2 Å². The SMILES string of the molecule is Cc1cc(C(=O)NN=Cc2ccccc2C(F)(F)F)c(C)o1. The maximum absolute atomic E-state index is 12.8. The van der Waals surface area contributed by atoms with Gasteiger partial charge < -0.3 is 4.42 Å². The fourth-order valence-electron chi connectivity index (χ4n) is 1.94. The van der Waals surface area contributed by atoms with Crippen LogP contribution in [0.1, 0.15) is 33.0 Å². The first-order chi connectivity index (χ1) is 10.3. The largest absolute Gasteiger partial charge is 0.466 e. The molecule has 0 aliphatic rings. The molecule has 0 radical (unpaired) electrons. The van der Waals surface area contributed by atoms with Gasteiger partial charge in [-0.1, -0.05) is 18.2 Å². The number of halogens is 3. The fourth-order valence-corrected chi connectivity index (χ4v) is 1.94. The third-order valence-corrected chi connectivity index (χ3v) is 2.92. The molecule has 0 bridgehead atoms. The van der Waals surface area contributed by atoms with Crippen LogP contribution in [0.15, 0.2) is 39.9 Å². The Bertz CT molecular complexity index is 718. The molecule has 1 aromatic carbocycles. The van der Waals surface area contributed by atoms with E-state index in [0.717, 1.165) is 12.3 Å². The molecule has 1 amide bonds. The Morgan fingerprint density at radius 2 is 1.95 bits per heavy atom. The van der Waals surface area contributed by atoms with Crippen LogP contribution in [0.25, 0.3) is 0 Å². The first-order valence-corrected chi connectivity index (χ1v) is 6.35. The van der Waals surface area contributed by atoms with Crippen LogP contribution in [-0.4, -0.2) is 12.1 Å². The van der Waals surface area contributed by atoms with E-state index in [0.29, 0.717) is 17.1 Å². The van der Waals surface area contributed by atoms with Crippen LogP contribution in [0.5, 0.6) is 0 Å². The normalized spacial score (nSPS) is 11.9. The molecule has 0 spiro atoms. The molecule has 0 aliphatic carbocycles. The van der Waals surface area contributed by atoms with Gasteiger partial charge in [0.2, 0.25) is 0 Å². The van der Waals surface area contributed by atoms with Crippen molar-refractivity contribution < 1.29 is 22.4 Å². The number of aryl methyl sites for hydroxylation is 2. The third-order valence-electron chi connectivity index (χ3n) is 2.92. The molecule has 4 nitrogen and oxygen atoms in total. The molecule has 116 valence electrons. The van der Waals surface area contributed by atoms with Gasteiger partial charge in [0, 0.05) is 5.56 Å². The van der Waals surface area contributed by atoms with Gasteiger partial charge in [-0.3, -0.25) is 4.79 Å². The molecule has 0 atom stereocenters. The van der Waals surface area contributed by atoms with Gasteiger partial charge in [0.1, 0.15) is 11.5 Å². The standard InChI is InChI=1S/C15H13F3N2O2/c1-9-7-12(10(2)22-9)14(21)20-19-8-11-5-3-4-6-13(11)15(16,17)18/h3-8H,1-2H3,(H,20,21). The topological polar surface area (TPSA) is 54.6 Å². The first-order valence-electron chi connectivity index (χ1n) is 6.35. The van der Waals surface area contributed by atoms with Crippen molar-refractivity contribution in [2.75, 3.05) is 0 Å². The van der Waals surface area contributed by atoms with Gasteiger partial charge in [-0.15, -0.1) is 0 Å². The molecule has 7 heteroatoms. The van der Waals surface area contributed by atoms with E-state index in [1.165, 1.54) is 24.3 Å². The van der Waals surface area contributed by atoms with Crippen molar-refractivity contribution in [1.82, 2.24) is 5.43 Å². The Hall–Kier alpha value is -2.57. The minimum Gasteiger partial charge on any atom is -0.466 e. The van der Waals surface area contributed by atoms with Gasteiger partial charge in [-0.05, 0) is 26.0 Å². The summed E-state index contributed by atoms with van der Waals surface area (Å²) in [5.41, 5.74) is 1.53. The highest BCUT2D eigenvalue weighted by Gasteiger charge is 2.32. The molecule has 0 aliphatic heterocycles. The summed E-state index contributed by atoms with van der Waals surface area (Å²) >= 11 is 0. The van der Waals surface area contributed by atoms with E-state index in [1.807, 2.05) is 0 Å². The van der Waals surface area contributed by atoms with Crippen LogP contribution in [0.2, 0.25) is 0 Å². The zero-order valence-corrected chi connectivity index (χ0v) is 11.9. The van der Waals surface area contributed by atoms with E-state index in [1.54, 1.807) is 13.8 Å². The van der Waals surface area contributed by atoms with Crippen LogP contribution in [-0.2, 0) is 6.18 Å². The van der Waals surface area contributed by atoms with E-state index in [2.05, 4.69) is 10.5 Å². The monoisotopic (exact) mass is 310 g/mol. The Morgan fingerprint density at radius 1 is 1.27 bits per heavy atom. The third kappa shape index (κ3) is 3.55. The highest BCUT2D eigenvalue weighted by Crippen LogP contribution is 2.31. The van der Waals surface area contributed by atoms with E-state index < -0.39 is 17.6 Å². The number of hydrazone groups is 1. The zero-order chi connectivity index (χ0) is 16.3. The van der Waals surface area contributed by atoms with Gasteiger partial charge in [-0.25, -0.2) is 5.43 Å². The lowest BCUT2D eigenvalue weighted by atomic mass is 10.1. The summed E-state index contributed by atoms with van der Waals surface area (Å²) in [4.78, 5) is 11.8. The molecule has 1 N–H and O–H groups in total. The molecule has 1 aromatic heterocycles. The second-order valence-corrected chi connectivity index (χ2v) is 4.61. The van der Waals surface area contributed by atoms with Gasteiger partial charge in [0.05, 0.1) is 17.3 Å². The Kier molecular flexibility index (Phi) is 4.35. The molecule has 0 fully saturated rings. The molecule has 0 unspecified atom stereocenters. The predicted molar refractivity (Wildman–Crippen MR) is 74.7 cm³/mol. The molecule has 0 saturated heterocycles. The summed E-state index contributed by atoms with van der Waals surface area (Å²) in [6.45, 7) is 3.30. The average molecular weight is 310 g/mol. The summed E-state index contributed by atoms with van der Waals surface area (Å²) in [6, 6.07) is 6.50. The molecule has 22 heavy (non-hydrogen) atoms. The Balaban J connectivity index is 2.14. The highest BCUT2D eigenvalue weighted by atomic mass is 19.4. The summed E-state index contributed by atoms with van der Waals surface area (Å²) in [7, 11) is 0. The number of alkyl halides is 3. The highest BCUT2D eigenvalue weighted by molar-refractivity contribution is 5.96. The molecule has 1 heterocycles. The van der Waals surface area contributed by atoms with Crippen molar-refractivity contribution >= 4 is 12.1 Å². The molecule has 2 rings (SSSR count). The van der Waals surface area contributed by atoms with Crippen LogP contribution < -0.4 is 5.43 Å². The number of carbonyl (C=O) groups excluding carboxylic acids is 1. The maximum Gasteiger partial charge on any atom is 0.417 e. The lowest BCUT2D eigenvalue weighted by molar-refractivity contribution is -0.137. The minimum absolute atomic E-state index is 0.129. The number of benzene rings is 1. The second kappa shape index (κ2) is 6.05. The van der Waals surface area contributed by atoms with Crippen molar-refractivity contribution in [3.63, 3.8) is 0 Å². The van der Waals surface area contributed by atoms with E-state index in [4.69, 9.17) is 4.42 Å².